The molecule has 0 N–H and O–H groups in total. The van der Waals surface area contributed by atoms with Crippen molar-refractivity contribution in [3.8, 4) is 0 Å². The minimum Gasteiger partial charge on any atom is -0.250 e. The van der Waals surface area contributed by atoms with Crippen molar-refractivity contribution in [2.75, 3.05) is 13.7 Å². The molecule has 0 bridgehead atoms. The van der Waals surface area contributed by atoms with Crippen molar-refractivity contribution < 1.29 is 4.39 Å². The Balaban J connectivity index is 2.88. The summed E-state index contributed by atoms with van der Waals surface area (Å²) in [4.78, 5) is 1.26. The van der Waals surface area contributed by atoms with Crippen molar-refractivity contribution in [2.24, 2.45) is 0 Å². The Hall–Kier alpha value is -0.670. The molecule has 3 heteroatoms. The molecule has 0 saturated heterocycles. The lowest BCUT2D eigenvalue weighted by atomic mass is 10.2. The van der Waals surface area contributed by atoms with Crippen molar-refractivity contribution in [3.63, 3.8) is 0 Å². The van der Waals surface area contributed by atoms with Crippen LogP contribution in [0.5, 0.6) is 0 Å². The highest BCUT2D eigenvalue weighted by Crippen LogP contribution is 2.31. The van der Waals surface area contributed by atoms with Gasteiger partial charge >= 0.3 is 0 Å². The molecule has 1 aromatic carbocycles. The first-order valence-electron chi connectivity index (χ1n) is 6.11. The van der Waals surface area contributed by atoms with Gasteiger partial charge in [-0.05, 0) is 37.9 Å². The van der Waals surface area contributed by atoms with Crippen LogP contribution in [0.2, 0.25) is 0 Å². The van der Waals surface area contributed by atoms with Crippen LogP contribution in [-0.4, -0.2) is 29.4 Å². The molecular formula is C14H22FNS. The molecule has 0 aromatic heterocycles. The van der Waals surface area contributed by atoms with Crippen molar-refractivity contribution in [1.29, 1.82) is 0 Å². The number of benzene rings is 1. The molecule has 1 aromatic rings. The van der Waals surface area contributed by atoms with Crippen LogP contribution < -0.4 is 0 Å². The average Bonchev–Trinajstić information content (AvgIpc) is 2.38. The SMILES string of the molecule is CC=S(c1ccccc1)N(C)C(CF)CCC. The first-order chi connectivity index (χ1) is 8.24. The first-order valence-corrected chi connectivity index (χ1v) is 7.35. The van der Waals surface area contributed by atoms with Gasteiger partial charge in [-0.25, -0.2) is 8.70 Å². The lowest BCUT2D eigenvalue weighted by Crippen LogP contribution is -2.29. The van der Waals surface area contributed by atoms with Crippen LogP contribution in [0.25, 0.3) is 0 Å². The van der Waals surface area contributed by atoms with Gasteiger partial charge in [0.25, 0.3) is 0 Å². The van der Waals surface area contributed by atoms with Crippen LogP contribution in [0.3, 0.4) is 0 Å². The Labute approximate surface area is 107 Å². The molecule has 17 heavy (non-hydrogen) atoms. The van der Waals surface area contributed by atoms with Crippen LogP contribution in [0.4, 0.5) is 4.39 Å². The van der Waals surface area contributed by atoms with E-state index in [9.17, 15) is 4.39 Å². The molecule has 2 atom stereocenters. The summed E-state index contributed by atoms with van der Waals surface area (Å²) in [7, 11) is 1.92. The van der Waals surface area contributed by atoms with Gasteiger partial charge in [0.2, 0.25) is 0 Å². The van der Waals surface area contributed by atoms with Crippen LogP contribution >= 0.6 is 10.7 Å². The molecule has 0 aliphatic heterocycles. The quantitative estimate of drug-likeness (QED) is 0.691. The summed E-state index contributed by atoms with van der Waals surface area (Å²) in [5.41, 5.74) is 0. The molecule has 0 spiro atoms. The van der Waals surface area contributed by atoms with Crippen LogP contribution in [-0.2, 0) is 0 Å². The molecule has 1 nitrogen and oxygen atoms in total. The molecule has 0 fully saturated rings. The van der Waals surface area contributed by atoms with Crippen LogP contribution in [0, 0.1) is 0 Å². The molecule has 0 aliphatic rings. The molecule has 2 unspecified atom stereocenters. The topological polar surface area (TPSA) is 3.24 Å². The van der Waals surface area contributed by atoms with Gasteiger partial charge in [0.1, 0.15) is 6.67 Å². The van der Waals surface area contributed by atoms with Crippen LogP contribution in [0.15, 0.2) is 35.2 Å². The number of hydrogen-bond acceptors (Lipinski definition) is 1. The van der Waals surface area contributed by atoms with Gasteiger partial charge in [0, 0.05) is 10.9 Å². The molecule has 0 radical (unpaired) electrons. The standard InChI is InChI=1S/C14H22FNS/c1-4-9-13(12-15)16(3)17(5-2)14-10-7-6-8-11-14/h5-8,10-11,13H,4,9,12H2,1-3H3. The summed E-state index contributed by atoms with van der Waals surface area (Å²) < 4.78 is 15.2. The highest BCUT2D eigenvalue weighted by atomic mass is 32.2. The second-order valence-electron chi connectivity index (χ2n) is 4.01. The van der Waals surface area contributed by atoms with Crippen molar-refractivity contribution in [2.45, 2.75) is 37.6 Å². The van der Waals surface area contributed by atoms with Gasteiger partial charge in [0.05, 0.1) is 0 Å². The smallest absolute Gasteiger partial charge is 0.106 e. The lowest BCUT2D eigenvalue weighted by molar-refractivity contribution is 0.295. The summed E-state index contributed by atoms with van der Waals surface area (Å²) in [5.74, 6) is 0. The maximum atomic E-state index is 13.1. The predicted molar refractivity (Wildman–Crippen MR) is 76.5 cm³/mol. The Morgan fingerprint density at radius 3 is 2.47 bits per heavy atom. The third-order valence-corrected chi connectivity index (χ3v) is 4.95. The summed E-state index contributed by atoms with van der Waals surface area (Å²) in [6.07, 6.45) is 1.94. The van der Waals surface area contributed by atoms with Gasteiger partial charge in [-0.1, -0.05) is 42.2 Å². The largest absolute Gasteiger partial charge is 0.250 e. The lowest BCUT2D eigenvalue weighted by Gasteiger charge is -2.29. The van der Waals surface area contributed by atoms with Gasteiger partial charge < -0.3 is 0 Å². The average molecular weight is 255 g/mol. The maximum Gasteiger partial charge on any atom is 0.106 e. The highest BCUT2D eigenvalue weighted by Gasteiger charge is 2.16. The number of nitrogens with zero attached hydrogens (tertiary/aromatic N) is 1. The zero-order valence-corrected chi connectivity index (χ0v) is 11.7. The van der Waals surface area contributed by atoms with E-state index in [1.807, 2.05) is 32.2 Å². The van der Waals surface area contributed by atoms with Crippen molar-refractivity contribution >= 4 is 16.0 Å². The monoisotopic (exact) mass is 255 g/mol. The Bertz CT molecular complexity index is 350. The number of alkyl halides is 1. The van der Waals surface area contributed by atoms with Crippen LogP contribution in [0.1, 0.15) is 26.7 Å². The summed E-state index contributed by atoms with van der Waals surface area (Å²) in [5, 5.41) is 2.16. The summed E-state index contributed by atoms with van der Waals surface area (Å²) in [6.45, 7) is 3.88. The number of rotatable bonds is 6. The van der Waals surface area contributed by atoms with E-state index in [2.05, 4.69) is 28.7 Å². The molecule has 1 rings (SSSR count). The van der Waals surface area contributed by atoms with E-state index in [1.54, 1.807) is 0 Å². The zero-order valence-electron chi connectivity index (χ0n) is 10.9. The normalized spacial score (nSPS) is 15.1. The summed E-state index contributed by atoms with van der Waals surface area (Å²) >= 11 is 0. The fourth-order valence-electron chi connectivity index (χ4n) is 1.88. The number of hydrogen-bond donors (Lipinski definition) is 0. The Morgan fingerprint density at radius 2 is 2.00 bits per heavy atom. The van der Waals surface area contributed by atoms with E-state index in [0.717, 1.165) is 12.8 Å². The Morgan fingerprint density at radius 1 is 1.35 bits per heavy atom. The summed E-state index contributed by atoms with van der Waals surface area (Å²) in [6, 6.07) is 10.3. The number of halogens is 1. The van der Waals surface area contributed by atoms with Gasteiger partial charge in [-0.2, -0.15) is 0 Å². The third kappa shape index (κ3) is 3.93. The van der Waals surface area contributed by atoms with E-state index in [-0.39, 0.29) is 23.4 Å². The molecular weight excluding hydrogens is 233 g/mol. The zero-order chi connectivity index (χ0) is 12.7. The third-order valence-electron chi connectivity index (χ3n) is 2.83. The Kier molecular flexibility index (Phi) is 6.45. The molecule has 0 saturated carbocycles. The van der Waals surface area contributed by atoms with Gasteiger partial charge in [-0.15, -0.1) is 0 Å². The van der Waals surface area contributed by atoms with Gasteiger partial charge in [-0.3, -0.25) is 0 Å². The molecule has 96 valence electrons. The fraction of sp³-hybridized carbons (Fsp3) is 0.500. The molecule has 0 heterocycles. The highest BCUT2D eigenvalue weighted by molar-refractivity contribution is 8.13. The molecule has 0 aliphatic carbocycles. The minimum atomic E-state index is -0.269. The second-order valence-corrected chi connectivity index (χ2v) is 6.15. The van der Waals surface area contributed by atoms with Crippen molar-refractivity contribution in [1.82, 2.24) is 4.31 Å². The van der Waals surface area contributed by atoms with E-state index < -0.39 is 0 Å². The minimum absolute atomic E-state index is 0.0275. The van der Waals surface area contributed by atoms with E-state index >= 15 is 0 Å². The van der Waals surface area contributed by atoms with E-state index in [0.29, 0.717) is 0 Å². The predicted octanol–water partition coefficient (Wildman–Crippen LogP) is 4.12. The first kappa shape index (κ1) is 14.4. The van der Waals surface area contributed by atoms with E-state index in [4.69, 9.17) is 0 Å². The fourth-order valence-corrected chi connectivity index (χ4v) is 3.73. The van der Waals surface area contributed by atoms with E-state index in [1.165, 1.54) is 4.90 Å². The second kappa shape index (κ2) is 7.62. The van der Waals surface area contributed by atoms with Crippen molar-refractivity contribution in [3.05, 3.63) is 30.3 Å². The van der Waals surface area contributed by atoms with Gasteiger partial charge in [0.15, 0.2) is 0 Å². The maximum absolute atomic E-state index is 13.1. The molecule has 0 amide bonds.